The number of carboxylic acid groups (broad SMARTS) is 1. The maximum atomic E-state index is 12.1. The normalized spacial score (nSPS) is 10.6. The zero-order valence-corrected chi connectivity index (χ0v) is 12.7. The Hall–Kier alpha value is -2.08. The van der Waals surface area contributed by atoms with Crippen LogP contribution in [0.25, 0.3) is 0 Å². The number of H-pyrrole nitrogens is 1. The number of aromatic amines is 1. The molecular formula is C15H16N2O3S. The summed E-state index contributed by atoms with van der Waals surface area (Å²) in [7, 11) is 0. The van der Waals surface area contributed by atoms with Crippen LogP contribution >= 0.6 is 11.8 Å². The monoisotopic (exact) mass is 304 g/mol. The minimum absolute atomic E-state index is 0.125. The highest BCUT2D eigenvalue weighted by molar-refractivity contribution is 7.99. The summed E-state index contributed by atoms with van der Waals surface area (Å²) in [5.74, 6) is -1.07. The van der Waals surface area contributed by atoms with Crippen molar-refractivity contribution in [1.29, 1.82) is 0 Å². The molecule has 0 atom stereocenters. The van der Waals surface area contributed by atoms with Gasteiger partial charge in [-0.05, 0) is 19.4 Å². The number of rotatable bonds is 5. The van der Waals surface area contributed by atoms with Gasteiger partial charge in [0.25, 0.3) is 5.56 Å². The Morgan fingerprint density at radius 1 is 1.29 bits per heavy atom. The van der Waals surface area contributed by atoms with Gasteiger partial charge in [0.15, 0.2) is 5.16 Å². The summed E-state index contributed by atoms with van der Waals surface area (Å²) in [4.78, 5) is 29.6. The molecular weight excluding hydrogens is 288 g/mol. The molecule has 5 nitrogen and oxygen atoms in total. The second-order valence-electron chi connectivity index (χ2n) is 4.78. The second kappa shape index (κ2) is 6.58. The Morgan fingerprint density at radius 2 is 1.95 bits per heavy atom. The number of thioether (sulfide) groups is 1. The van der Waals surface area contributed by atoms with Crippen LogP contribution in [-0.2, 0) is 11.2 Å². The van der Waals surface area contributed by atoms with E-state index in [1.165, 1.54) is 5.56 Å². The molecule has 0 amide bonds. The van der Waals surface area contributed by atoms with Crippen molar-refractivity contribution in [3.8, 4) is 0 Å². The molecule has 110 valence electrons. The van der Waals surface area contributed by atoms with Crippen LogP contribution in [0, 0.1) is 13.8 Å². The predicted molar refractivity (Wildman–Crippen MR) is 81.9 cm³/mol. The van der Waals surface area contributed by atoms with Gasteiger partial charge in [-0.1, -0.05) is 41.6 Å². The first-order valence-corrected chi connectivity index (χ1v) is 7.44. The fraction of sp³-hybridized carbons (Fsp3) is 0.267. The van der Waals surface area contributed by atoms with Crippen molar-refractivity contribution in [3.63, 3.8) is 0 Å². The number of carbonyl (C=O) groups is 1. The van der Waals surface area contributed by atoms with Crippen LogP contribution in [0.2, 0.25) is 0 Å². The summed E-state index contributed by atoms with van der Waals surface area (Å²) in [5, 5.41) is 8.98. The summed E-state index contributed by atoms with van der Waals surface area (Å²) < 4.78 is 0. The van der Waals surface area contributed by atoms with E-state index in [0.29, 0.717) is 22.8 Å². The summed E-state index contributed by atoms with van der Waals surface area (Å²) in [6.07, 6.45) is 0.512. The zero-order valence-electron chi connectivity index (χ0n) is 11.8. The van der Waals surface area contributed by atoms with Crippen molar-refractivity contribution in [2.45, 2.75) is 25.4 Å². The van der Waals surface area contributed by atoms with Gasteiger partial charge in [0.2, 0.25) is 0 Å². The number of benzene rings is 1. The quantitative estimate of drug-likeness (QED) is 0.653. The number of aromatic nitrogens is 2. The van der Waals surface area contributed by atoms with Gasteiger partial charge in [-0.3, -0.25) is 9.59 Å². The van der Waals surface area contributed by atoms with Gasteiger partial charge in [-0.2, -0.15) is 0 Å². The number of carboxylic acids is 1. The van der Waals surface area contributed by atoms with Crippen molar-refractivity contribution in [3.05, 3.63) is 57.0 Å². The number of nitrogens with one attached hydrogen (secondary N) is 1. The summed E-state index contributed by atoms with van der Waals surface area (Å²) >= 11 is 1.01. The van der Waals surface area contributed by atoms with E-state index in [2.05, 4.69) is 9.97 Å². The molecule has 0 unspecified atom stereocenters. The first-order chi connectivity index (χ1) is 9.95. The smallest absolute Gasteiger partial charge is 0.313 e. The van der Waals surface area contributed by atoms with E-state index in [0.717, 1.165) is 17.3 Å². The average molecular weight is 304 g/mol. The molecule has 0 bridgehead atoms. The SMILES string of the molecule is Cc1ccc(Cc2c(C)nc(SCC(=O)O)[nH]c2=O)cc1. The third-order valence-electron chi connectivity index (χ3n) is 3.03. The maximum Gasteiger partial charge on any atom is 0.313 e. The molecule has 6 heteroatoms. The van der Waals surface area contributed by atoms with Gasteiger partial charge in [-0.25, -0.2) is 4.98 Å². The summed E-state index contributed by atoms with van der Waals surface area (Å²) in [5.41, 5.74) is 3.24. The fourth-order valence-corrected chi connectivity index (χ4v) is 2.53. The molecule has 1 aromatic heterocycles. The topological polar surface area (TPSA) is 83.0 Å². The van der Waals surface area contributed by atoms with Gasteiger partial charge in [0.1, 0.15) is 0 Å². The van der Waals surface area contributed by atoms with Crippen LogP contribution in [0.4, 0.5) is 0 Å². The van der Waals surface area contributed by atoms with E-state index in [1.54, 1.807) is 6.92 Å². The second-order valence-corrected chi connectivity index (χ2v) is 5.74. The van der Waals surface area contributed by atoms with E-state index in [9.17, 15) is 9.59 Å². The first-order valence-electron chi connectivity index (χ1n) is 6.45. The largest absolute Gasteiger partial charge is 0.481 e. The van der Waals surface area contributed by atoms with Crippen LogP contribution in [0.5, 0.6) is 0 Å². The highest BCUT2D eigenvalue weighted by atomic mass is 32.2. The van der Waals surface area contributed by atoms with Crippen LogP contribution in [0.1, 0.15) is 22.4 Å². The zero-order chi connectivity index (χ0) is 15.4. The lowest BCUT2D eigenvalue weighted by Crippen LogP contribution is -2.18. The Bertz CT molecular complexity index is 708. The number of hydrogen-bond acceptors (Lipinski definition) is 4. The maximum absolute atomic E-state index is 12.1. The van der Waals surface area contributed by atoms with Crippen LogP contribution in [0.15, 0.2) is 34.2 Å². The molecule has 0 aliphatic carbocycles. The molecule has 2 N–H and O–H groups in total. The van der Waals surface area contributed by atoms with Crippen molar-refractivity contribution < 1.29 is 9.90 Å². The Balaban J connectivity index is 2.22. The van der Waals surface area contributed by atoms with Crippen molar-refractivity contribution in [1.82, 2.24) is 9.97 Å². The third kappa shape index (κ3) is 4.19. The number of hydrogen-bond donors (Lipinski definition) is 2. The minimum Gasteiger partial charge on any atom is -0.481 e. The van der Waals surface area contributed by atoms with Crippen LogP contribution < -0.4 is 5.56 Å². The molecule has 0 fully saturated rings. The molecule has 21 heavy (non-hydrogen) atoms. The molecule has 0 aliphatic heterocycles. The lowest BCUT2D eigenvalue weighted by Gasteiger charge is -2.07. The number of aryl methyl sites for hydroxylation is 2. The fourth-order valence-electron chi connectivity index (χ4n) is 1.90. The standard InChI is InChI=1S/C15H16N2O3S/c1-9-3-5-11(6-4-9)7-12-10(2)16-15(17-14(12)20)21-8-13(18)19/h3-6H,7-8H2,1-2H3,(H,18,19)(H,16,17,20). The first kappa shape index (κ1) is 15.3. The third-order valence-corrected chi connectivity index (χ3v) is 3.89. The van der Waals surface area contributed by atoms with Crippen LogP contribution in [-0.4, -0.2) is 26.8 Å². The lowest BCUT2D eigenvalue weighted by molar-refractivity contribution is -0.133. The van der Waals surface area contributed by atoms with Gasteiger partial charge in [0.05, 0.1) is 5.75 Å². The van der Waals surface area contributed by atoms with E-state index in [1.807, 2.05) is 31.2 Å². The molecule has 0 saturated carbocycles. The van der Waals surface area contributed by atoms with Gasteiger partial charge in [0, 0.05) is 17.7 Å². The molecule has 1 heterocycles. The van der Waals surface area contributed by atoms with E-state index in [4.69, 9.17) is 5.11 Å². The molecule has 2 aromatic rings. The summed E-state index contributed by atoms with van der Waals surface area (Å²) in [6, 6.07) is 7.98. The highest BCUT2D eigenvalue weighted by Crippen LogP contribution is 2.14. The molecule has 2 rings (SSSR count). The van der Waals surface area contributed by atoms with Crippen molar-refractivity contribution >= 4 is 17.7 Å². The average Bonchev–Trinajstić information content (AvgIpc) is 2.42. The van der Waals surface area contributed by atoms with Gasteiger partial charge < -0.3 is 10.1 Å². The Morgan fingerprint density at radius 3 is 2.52 bits per heavy atom. The Kier molecular flexibility index (Phi) is 4.80. The van der Waals surface area contributed by atoms with E-state index in [-0.39, 0.29) is 11.3 Å². The molecule has 0 spiro atoms. The molecule has 0 saturated heterocycles. The molecule has 0 radical (unpaired) electrons. The minimum atomic E-state index is -0.941. The van der Waals surface area contributed by atoms with Crippen molar-refractivity contribution in [2.75, 3.05) is 5.75 Å². The predicted octanol–water partition coefficient (Wildman–Crippen LogP) is 2.15. The van der Waals surface area contributed by atoms with E-state index < -0.39 is 5.97 Å². The number of aliphatic carboxylic acids is 1. The molecule has 1 aromatic carbocycles. The van der Waals surface area contributed by atoms with Gasteiger partial charge >= 0.3 is 5.97 Å². The highest BCUT2D eigenvalue weighted by Gasteiger charge is 2.10. The van der Waals surface area contributed by atoms with E-state index >= 15 is 0 Å². The van der Waals surface area contributed by atoms with Crippen molar-refractivity contribution in [2.24, 2.45) is 0 Å². The summed E-state index contributed by atoms with van der Waals surface area (Å²) in [6.45, 7) is 3.78. The van der Waals surface area contributed by atoms with Crippen LogP contribution in [0.3, 0.4) is 0 Å². The lowest BCUT2D eigenvalue weighted by atomic mass is 10.0. The number of nitrogens with zero attached hydrogens (tertiary/aromatic N) is 1. The molecule has 0 aliphatic rings. The van der Waals surface area contributed by atoms with Gasteiger partial charge in [-0.15, -0.1) is 0 Å². The Labute approximate surface area is 126 Å².